The molecule has 1 aromatic heterocycles. The van der Waals surface area contributed by atoms with Crippen LogP contribution in [-0.4, -0.2) is 25.1 Å². The van der Waals surface area contributed by atoms with Gasteiger partial charge in [0.1, 0.15) is 0 Å². The van der Waals surface area contributed by atoms with E-state index in [1.807, 2.05) is 25.3 Å². The Hall–Kier alpha value is -0.850. The van der Waals surface area contributed by atoms with Crippen LogP contribution in [0, 0.1) is 0 Å². The number of nitrogens with zero attached hydrogens (tertiary/aromatic N) is 1. The number of aromatic nitrogens is 1. The molecule has 122 valence electrons. The minimum absolute atomic E-state index is 0.224. The van der Waals surface area contributed by atoms with Crippen LogP contribution < -0.4 is 10.0 Å². The lowest BCUT2D eigenvalue weighted by Gasteiger charge is -2.19. The van der Waals surface area contributed by atoms with Crippen LogP contribution in [0.15, 0.2) is 17.2 Å². The third kappa shape index (κ3) is 5.45. The number of rotatable bonds is 7. The molecule has 0 aliphatic rings. The highest BCUT2D eigenvalue weighted by atomic mass is 32.2. The van der Waals surface area contributed by atoms with E-state index in [1.165, 1.54) is 0 Å². The average molecular weight is 315 g/mol. The Morgan fingerprint density at radius 1 is 1.29 bits per heavy atom. The number of sulfonamides is 1. The van der Waals surface area contributed by atoms with Gasteiger partial charge in [-0.15, -0.1) is 0 Å². The maximum Gasteiger partial charge on any atom is 0.242 e. The fraction of sp³-hybridized carbons (Fsp3) is 0.733. The Bertz CT molecular complexity index is 554. The van der Waals surface area contributed by atoms with E-state index in [4.69, 9.17) is 0 Å². The molecule has 0 amide bonds. The maximum atomic E-state index is 12.4. The van der Waals surface area contributed by atoms with E-state index in [-0.39, 0.29) is 6.04 Å². The quantitative estimate of drug-likeness (QED) is 0.760. The molecule has 0 bridgehead atoms. The van der Waals surface area contributed by atoms with E-state index in [9.17, 15) is 8.42 Å². The fourth-order valence-corrected chi connectivity index (χ4v) is 3.59. The molecule has 0 saturated carbocycles. The number of hydrogen-bond acceptors (Lipinski definition) is 3. The third-order valence-electron chi connectivity index (χ3n) is 2.95. The lowest BCUT2D eigenvalue weighted by molar-refractivity contribution is 0.491. The van der Waals surface area contributed by atoms with Crippen molar-refractivity contribution >= 4 is 10.0 Å². The van der Waals surface area contributed by atoms with Gasteiger partial charge < -0.3 is 9.88 Å². The molecule has 0 radical (unpaired) electrons. The van der Waals surface area contributed by atoms with E-state index in [0.717, 1.165) is 18.7 Å². The fourth-order valence-electron chi connectivity index (χ4n) is 2.12. The Morgan fingerprint density at radius 2 is 1.90 bits per heavy atom. The topological polar surface area (TPSA) is 63.1 Å². The van der Waals surface area contributed by atoms with Gasteiger partial charge in [0.25, 0.3) is 0 Å². The first-order valence-electron chi connectivity index (χ1n) is 7.52. The number of nitrogens with one attached hydrogen (secondary N) is 2. The van der Waals surface area contributed by atoms with E-state index in [2.05, 4.69) is 30.8 Å². The summed E-state index contributed by atoms with van der Waals surface area (Å²) in [6.45, 7) is 13.3. The van der Waals surface area contributed by atoms with Crippen LogP contribution in [0.4, 0.5) is 0 Å². The maximum absolute atomic E-state index is 12.4. The standard InChI is InChI=1S/C15H29N3O2S/c1-7-8-16-10-13-9-14(11-18(13)12(2)3)21(19,20)17-15(4,5)6/h9,11-12,16-17H,7-8,10H2,1-6H3. The summed E-state index contributed by atoms with van der Waals surface area (Å²) in [4.78, 5) is 0.333. The average Bonchev–Trinajstić information content (AvgIpc) is 2.71. The normalized spacial score (nSPS) is 13.1. The van der Waals surface area contributed by atoms with Gasteiger partial charge in [-0.1, -0.05) is 6.92 Å². The second kappa shape index (κ2) is 6.94. The molecule has 0 atom stereocenters. The highest BCUT2D eigenvalue weighted by Crippen LogP contribution is 2.20. The van der Waals surface area contributed by atoms with Gasteiger partial charge in [-0.3, -0.25) is 0 Å². The molecule has 0 unspecified atom stereocenters. The molecule has 0 saturated heterocycles. The first kappa shape index (κ1) is 18.2. The zero-order valence-corrected chi connectivity index (χ0v) is 14.8. The van der Waals surface area contributed by atoms with Crippen molar-refractivity contribution in [2.75, 3.05) is 6.54 Å². The van der Waals surface area contributed by atoms with Crippen molar-refractivity contribution in [3.8, 4) is 0 Å². The van der Waals surface area contributed by atoms with Crippen LogP contribution in [0.2, 0.25) is 0 Å². The molecule has 0 aromatic carbocycles. The SMILES string of the molecule is CCCNCc1cc(S(=O)(=O)NC(C)(C)C)cn1C(C)C. The van der Waals surface area contributed by atoms with E-state index in [0.29, 0.717) is 11.4 Å². The van der Waals surface area contributed by atoms with E-state index < -0.39 is 15.6 Å². The monoisotopic (exact) mass is 315 g/mol. The molecule has 0 fully saturated rings. The smallest absolute Gasteiger partial charge is 0.242 e. The summed E-state index contributed by atoms with van der Waals surface area (Å²) in [5.41, 5.74) is 0.507. The molecule has 21 heavy (non-hydrogen) atoms. The molecule has 0 aliphatic heterocycles. The second-order valence-electron chi connectivity index (χ2n) is 6.70. The van der Waals surface area contributed by atoms with Gasteiger partial charge in [-0.2, -0.15) is 0 Å². The summed E-state index contributed by atoms with van der Waals surface area (Å²) in [6, 6.07) is 1.98. The summed E-state index contributed by atoms with van der Waals surface area (Å²) in [5.74, 6) is 0. The van der Waals surface area contributed by atoms with Gasteiger partial charge in [0.2, 0.25) is 10.0 Å². The van der Waals surface area contributed by atoms with Gasteiger partial charge in [0.05, 0.1) is 4.90 Å². The van der Waals surface area contributed by atoms with E-state index >= 15 is 0 Å². The van der Waals surface area contributed by atoms with E-state index in [1.54, 1.807) is 12.3 Å². The third-order valence-corrected chi connectivity index (χ3v) is 4.67. The van der Waals surface area contributed by atoms with Gasteiger partial charge in [-0.05, 0) is 53.7 Å². The minimum Gasteiger partial charge on any atom is -0.346 e. The van der Waals surface area contributed by atoms with Crippen LogP contribution in [0.5, 0.6) is 0 Å². The summed E-state index contributed by atoms with van der Waals surface area (Å²) in [5, 5.41) is 3.32. The molecule has 1 aromatic rings. The van der Waals surface area contributed by atoms with Crippen molar-refractivity contribution in [2.24, 2.45) is 0 Å². The Balaban J connectivity index is 3.06. The molecule has 1 heterocycles. The first-order chi connectivity index (χ1) is 9.57. The molecule has 6 heteroatoms. The molecule has 5 nitrogen and oxygen atoms in total. The van der Waals surface area contributed by atoms with Crippen LogP contribution in [0.1, 0.15) is 59.7 Å². The predicted molar refractivity (Wildman–Crippen MR) is 86.9 cm³/mol. The van der Waals surface area contributed by atoms with Crippen LogP contribution in [0.3, 0.4) is 0 Å². The molecular weight excluding hydrogens is 286 g/mol. The summed E-state index contributed by atoms with van der Waals surface area (Å²) in [7, 11) is -3.48. The largest absolute Gasteiger partial charge is 0.346 e. The summed E-state index contributed by atoms with van der Waals surface area (Å²) < 4.78 is 29.6. The predicted octanol–water partition coefficient (Wildman–Crippen LogP) is 2.65. The molecule has 0 spiro atoms. The van der Waals surface area contributed by atoms with Gasteiger partial charge in [0.15, 0.2) is 0 Å². The minimum atomic E-state index is -3.48. The Morgan fingerprint density at radius 3 is 2.38 bits per heavy atom. The second-order valence-corrected chi connectivity index (χ2v) is 8.38. The van der Waals surface area contributed by atoms with Crippen molar-refractivity contribution < 1.29 is 8.42 Å². The van der Waals surface area contributed by atoms with Gasteiger partial charge in [-0.25, -0.2) is 13.1 Å². The Kier molecular flexibility index (Phi) is 6.01. The molecule has 2 N–H and O–H groups in total. The van der Waals surface area contributed by atoms with Gasteiger partial charge >= 0.3 is 0 Å². The first-order valence-corrected chi connectivity index (χ1v) is 9.00. The van der Waals surface area contributed by atoms with Crippen molar-refractivity contribution in [1.82, 2.24) is 14.6 Å². The summed E-state index contributed by atoms with van der Waals surface area (Å²) in [6.07, 6.45) is 2.78. The summed E-state index contributed by atoms with van der Waals surface area (Å²) >= 11 is 0. The van der Waals surface area contributed by atoms with Crippen molar-refractivity contribution in [3.05, 3.63) is 18.0 Å². The number of hydrogen-bond donors (Lipinski definition) is 2. The zero-order chi connectivity index (χ0) is 16.3. The van der Waals surface area contributed by atoms with Crippen molar-refractivity contribution in [2.45, 2.75) is 71.0 Å². The van der Waals surface area contributed by atoms with Crippen LogP contribution >= 0.6 is 0 Å². The van der Waals surface area contributed by atoms with Gasteiger partial charge in [0, 0.05) is 30.0 Å². The lowest BCUT2D eigenvalue weighted by atomic mass is 10.1. The van der Waals surface area contributed by atoms with Crippen molar-refractivity contribution in [1.29, 1.82) is 0 Å². The highest BCUT2D eigenvalue weighted by Gasteiger charge is 2.24. The molecule has 1 rings (SSSR count). The zero-order valence-electron chi connectivity index (χ0n) is 14.0. The molecule has 0 aliphatic carbocycles. The Labute approximate surface area is 129 Å². The highest BCUT2D eigenvalue weighted by molar-refractivity contribution is 7.89. The van der Waals surface area contributed by atoms with Crippen molar-refractivity contribution in [3.63, 3.8) is 0 Å². The van der Waals surface area contributed by atoms with Crippen LogP contribution in [-0.2, 0) is 16.6 Å². The molecular formula is C15H29N3O2S. The van der Waals surface area contributed by atoms with Crippen LogP contribution in [0.25, 0.3) is 0 Å². The lowest BCUT2D eigenvalue weighted by Crippen LogP contribution is -2.40.